The first-order chi connectivity index (χ1) is 12.8. The van der Waals surface area contributed by atoms with Gasteiger partial charge in [0.05, 0.1) is 18.8 Å². The van der Waals surface area contributed by atoms with Crippen molar-refractivity contribution in [2.45, 2.75) is 19.9 Å². The molecule has 2 aromatic rings. The lowest BCUT2D eigenvalue weighted by molar-refractivity contribution is 0.0827. The molecular formula is C21H27N3O3. The average Bonchev–Trinajstić information content (AvgIpc) is 2.65. The SMILES string of the molecule is COc1ccc(C(=O)N(C)C)cc1NC(=O)NC(c1ccccc1)C(C)C. The Balaban J connectivity index is 2.20. The zero-order valence-electron chi connectivity index (χ0n) is 16.4. The normalized spacial score (nSPS) is 11.6. The van der Waals surface area contributed by atoms with Crippen LogP contribution in [-0.4, -0.2) is 38.0 Å². The minimum atomic E-state index is -0.356. The number of rotatable bonds is 6. The predicted molar refractivity (Wildman–Crippen MR) is 107 cm³/mol. The van der Waals surface area contributed by atoms with Crippen LogP contribution >= 0.6 is 0 Å². The maximum Gasteiger partial charge on any atom is 0.319 e. The van der Waals surface area contributed by atoms with E-state index in [0.29, 0.717) is 17.0 Å². The quantitative estimate of drug-likeness (QED) is 0.811. The minimum Gasteiger partial charge on any atom is -0.495 e. The van der Waals surface area contributed by atoms with E-state index in [1.807, 2.05) is 30.3 Å². The summed E-state index contributed by atoms with van der Waals surface area (Å²) in [4.78, 5) is 26.3. The van der Waals surface area contributed by atoms with Crippen LogP contribution in [0.25, 0.3) is 0 Å². The molecule has 1 unspecified atom stereocenters. The molecule has 3 amide bonds. The van der Waals surface area contributed by atoms with E-state index in [9.17, 15) is 9.59 Å². The van der Waals surface area contributed by atoms with Crippen LogP contribution in [0.4, 0.5) is 10.5 Å². The van der Waals surface area contributed by atoms with Gasteiger partial charge in [0.2, 0.25) is 0 Å². The van der Waals surface area contributed by atoms with Crippen LogP contribution in [0.5, 0.6) is 5.75 Å². The zero-order valence-corrected chi connectivity index (χ0v) is 16.4. The third kappa shape index (κ3) is 5.23. The smallest absolute Gasteiger partial charge is 0.319 e. The third-order valence-corrected chi connectivity index (χ3v) is 4.21. The molecular weight excluding hydrogens is 342 g/mol. The van der Waals surface area contributed by atoms with E-state index >= 15 is 0 Å². The van der Waals surface area contributed by atoms with Gasteiger partial charge < -0.3 is 20.3 Å². The van der Waals surface area contributed by atoms with Crippen LogP contribution in [-0.2, 0) is 0 Å². The van der Waals surface area contributed by atoms with Gasteiger partial charge >= 0.3 is 6.03 Å². The fourth-order valence-corrected chi connectivity index (χ4v) is 2.79. The highest BCUT2D eigenvalue weighted by atomic mass is 16.5. The summed E-state index contributed by atoms with van der Waals surface area (Å²) in [6.45, 7) is 4.10. The van der Waals surface area contributed by atoms with Gasteiger partial charge in [-0.15, -0.1) is 0 Å². The van der Waals surface area contributed by atoms with Gasteiger partial charge in [-0.3, -0.25) is 4.79 Å². The van der Waals surface area contributed by atoms with Gasteiger partial charge in [-0.25, -0.2) is 4.79 Å². The van der Waals surface area contributed by atoms with Gasteiger partial charge in [-0.2, -0.15) is 0 Å². The zero-order chi connectivity index (χ0) is 20.0. The molecule has 27 heavy (non-hydrogen) atoms. The molecule has 2 rings (SSSR count). The molecule has 0 aliphatic rings. The molecule has 0 radical (unpaired) electrons. The summed E-state index contributed by atoms with van der Waals surface area (Å²) in [6, 6.07) is 14.3. The van der Waals surface area contributed by atoms with Crippen molar-refractivity contribution in [3.63, 3.8) is 0 Å². The molecule has 0 fully saturated rings. The van der Waals surface area contributed by atoms with Crippen LogP contribution in [0, 0.1) is 5.92 Å². The van der Waals surface area contributed by atoms with E-state index in [1.54, 1.807) is 32.3 Å². The second-order valence-electron chi connectivity index (χ2n) is 6.85. The lowest BCUT2D eigenvalue weighted by atomic mass is 9.96. The van der Waals surface area contributed by atoms with Gasteiger partial charge in [0.15, 0.2) is 0 Å². The molecule has 0 saturated carbocycles. The number of methoxy groups -OCH3 is 1. The number of nitrogens with zero attached hydrogens (tertiary/aromatic N) is 1. The van der Waals surface area contributed by atoms with Crippen LogP contribution < -0.4 is 15.4 Å². The summed E-state index contributed by atoms with van der Waals surface area (Å²) in [6.07, 6.45) is 0. The molecule has 2 N–H and O–H groups in total. The molecule has 144 valence electrons. The Morgan fingerprint density at radius 3 is 2.26 bits per heavy atom. The first-order valence-corrected chi connectivity index (χ1v) is 8.85. The van der Waals surface area contributed by atoms with E-state index in [2.05, 4.69) is 24.5 Å². The lowest BCUT2D eigenvalue weighted by Gasteiger charge is -2.23. The first kappa shape index (κ1) is 20.3. The minimum absolute atomic E-state index is 0.135. The highest BCUT2D eigenvalue weighted by molar-refractivity contribution is 5.97. The second kappa shape index (κ2) is 9.07. The van der Waals surface area contributed by atoms with Crippen LogP contribution in [0.1, 0.15) is 35.8 Å². The van der Waals surface area contributed by atoms with Crippen molar-refractivity contribution in [3.8, 4) is 5.75 Å². The van der Waals surface area contributed by atoms with Gasteiger partial charge in [0.1, 0.15) is 5.75 Å². The Kier molecular flexibility index (Phi) is 6.82. The van der Waals surface area contributed by atoms with Crippen molar-refractivity contribution in [2.24, 2.45) is 5.92 Å². The summed E-state index contributed by atoms with van der Waals surface area (Å²) in [7, 11) is 4.88. The molecule has 0 bridgehead atoms. The van der Waals surface area contributed by atoms with Gasteiger partial charge in [-0.05, 0) is 29.7 Å². The summed E-state index contributed by atoms with van der Waals surface area (Å²) >= 11 is 0. The molecule has 0 heterocycles. The second-order valence-corrected chi connectivity index (χ2v) is 6.85. The first-order valence-electron chi connectivity index (χ1n) is 8.85. The number of ether oxygens (including phenoxy) is 1. The monoisotopic (exact) mass is 369 g/mol. The summed E-state index contributed by atoms with van der Waals surface area (Å²) in [5, 5.41) is 5.81. The molecule has 2 aromatic carbocycles. The molecule has 6 nitrogen and oxygen atoms in total. The van der Waals surface area contributed by atoms with Gasteiger partial charge in [0, 0.05) is 19.7 Å². The largest absolute Gasteiger partial charge is 0.495 e. The Hall–Kier alpha value is -3.02. The van der Waals surface area contributed by atoms with Crippen molar-refractivity contribution >= 4 is 17.6 Å². The van der Waals surface area contributed by atoms with Crippen LogP contribution in [0.3, 0.4) is 0 Å². The van der Waals surface area contributed by atoms with E-state index < -0.39 is 0 Å². The molecule has 0 aliphatic heterocycles. The number of amides is 3. The Labute approximate surface area is 160 Å². The van der Waals surface area contributed by atoms with Crippen molar-refractivity contribution in [2.75, 3.05) is 26.5 Å². The Bertz CT molecular complexity index is 789. The number of carbonyl (C=O) groups excluding carboxylic acids is 2. The highest BCUT2D eigenvalue weighted by Crippen LogP contribution is 2.27. The average molecular weight is 369 g/mol. The summed E-state index contributed by atoms with van der Waals surface area (Å²) in [5.74, 6) is 0.549. The third-order valence-electron chi connectivity index (χ3n) is 4.21. The number of nitrogens with one attached hydrogen (secondary N) is 2. The fourth-order valence-electron chi connectivity index (χ4n) is 2.79. The fraction of sp³-hybridized carbons (Fsp3) is 0.333. The maximum atomic E-state index is 12.6. The van der Waals surface area contributed by atoms with E-state index in [-0.39, 0.29) is 23.9 Å². The van der Waals surface area contributed by atoms with Gasteiger partial charge in [-0.1, -0.05) is 44.2 Å². The number of carbonyl (C=O) groups is 2. The maximum absolute atomic E-state index is 12.6. The standard InChI is InChI=1S/C21H27N3O3/c1-14(2)19(15-9-7-6-8-10-15)23-21(26)22-17-13-16(20(25)24(3)4)11-12-18(17)27-5/h6-14,19H,1-5H3,(H2,22,23,26). The number of urea groups is 1. The van der Waals surface area contributed by atoms with Crippen molar-refractivity contribution in [3.05, 3.63) is 59.7 Å². The number of hydrogen-bond donors (Lipinski definition) is 2. The van der Waals surface area contributed by atoms with Crippen LogP contribution in [0.2, 0.25) is 0 Å². The number of anilines is 1. The Morgan fingerprint density at radius 2 is 1.70 bits per heavy atom. The highest BCUT2D eigenvalue weighted by Gasteiger charge is 2.19. The number of benzene rings is 2. The van der Waals surface area contributed by atoms with Crippen molar-refractivity contribution in [1.29, 1.82) is 0 Å². The molecule has 0 saturated heterocycles. The summed E-state index contributed by atoms with van der Waals surface area (Å²) in [5.41, 5.74) is 1.95. The Morgan fingerprint density at radius 1 is 1.04 bits per heavy atom. The van der Waals surface area contributed by atoms with E-state index in [1.165, 1.54) is 12.0 Å². The molecule has 0 aromatic heterocycles. The van der Waals surface area contributed by atoms with E-state index in [0.717, 1.165) is 5.56 Å². The topological polar surface area (TPSA) is 70.7 Å². The van der Waals surface area contributed by atoms with Gasteiger partial charge in [0.25, 0.3) is 5.91 Å². The molecule has 0 spiro atoms. The lowest BCUT2D eigenvalue weighted by Crippen LogP contribution is -2.35. The predicted octanol–water partition coefficient (Wildman–Crippen LogP) is 3.92. The van der Waals surface area contributed by atoms with Crippen molar-refractivity contribution < 1.29 is 14.3 Å². The summed E-state index contributed by atoms with van der Waals surface area (Å²) < 4.78 is 5.31. The molecule has 1 atom stereocenters. The van der Waals surface area contributed by atoms with E-state index in [4.69, 9.17) is 4.74 Å². The molecule has 0 aliphatic carbocycles. The number of hydrogen-bond acceptors (Lipinski definition) is 3. The van der Waals surface area contributed by atoms with Crippen molar-refractivity contribution in [1.82, 2.24) is 10.2 Å². The molecule has 6 heteroatoms. The van der Waals surface area contributed by atoms with Crippen LogP contribution in [0.15, 0.2) is 48.5 Å².